The van der Waals surface area contributed by atoms with Gasteiger partial charge in [-0.1, -0.05) is 56.3 Å². The van der Waals surface area contributed by atoms with Gasteiger partial charge in [-0.25, -0.2) is 0 Å². The van der Waals surface area contributed by atoms with E-state index < -0.39 is 11.6 Å². The first-order valence-corrected chi connectivity index (χ1v) is 13.0. The van der Waals surface area contributed by atoms with Crippen LogP contribution in [0.2, 0.25) is 0 Å². The predicted molar refractivity (Wildman–Crippen MR) is 147 cm³/mol. The molecule has 2 amide bonds. The Balaban J connectivity index is 2.15. The molecule has 0 aliphatic carbocycles. The number of hydrogen-bond donors (Lipinski definition) is 2. The molecule has 0 heterocycles. The first-order valence-electron chi connectivity index (χ1n) is 13.0. The predicted octanol–water partition coefficient (Wildman–Crippen LogP) is 4.96. The molecule has 0 bridgehead atoms. The van der Waals surface area contributed by atoms with Gasteiger partial charge in [0.2, 0.25) is 11.8 Å². The van der Waals surface area contributed by atoms with Crippen molar-refractivity contribution in [2.75, 3.05) is 7.05 Å². The molecular weight excluding hydrogens is 450 g/mol. The van der Waals surface area contributed by atoms with Crippen molar-refractivity contribution in [2.24, 2.45) is 5.92 Å². The summed E-state index contributed by atoms with van der Waals surface area (Å²) < 4.78 is 5.89. The van der Waals surface area contributed by atoms with E-state index in [0.29, 0.717) is 18.9 Å². The van der Waals surface area contributed by atoms with Crippen molar-refractivity contribution in [2.45, 2.75) is 91.6 Å². The molecule has 2 aromatic carbocycles. The molecule has 2 atom stereocenters. The van der Waals surface area contributed by atoms with Crippen molar-refractivity contribution < 1.29 is 14.3 Å². The summed E-state index contributed by atoms with van der Waals surface area (Å²) in [6, 6.07) is 17.0. The Bertz CT molecular complexity index is 950. The van der Waals surface area contributed by atoms with Crippen molar-refractivity contribution in [3.63, 3.8) is 0 Å². The van der Waals surface area contributed by atoms with Crippen molar-refractivity contribution in [3.05, 3.63) is 65.7 Å². The number of nitrogens with one attached hydrogen (secondary N) is 2. The zero-order chi connectivity index (χ0) is 26.9. The van der Waals surface area contributed by atoms with E-state index in [1.165, 1.54) is 0 Å². The Hall–Kier alpha value is -2.86. The number of carbonyl (C=O) groups excluding carboxylic acids is 2. The molecule has 6 heteroatoms. The molecule has 0 spiro atoms. The van der Waals surface area contributed by atoms with Crippen molar-refractivity contribution >= 4 is 11.8 Å². The monoisotopic (exact) mass is 495 g/mol. The molecule has 0 aromatic heterocycles. The number of benzene rings is 2. The van der Waals surface area contributed by atoms with E-state index in [1.807, 2.05) is 82.4 Å². The van der Waals surface area contributed by atoms with Gasteiger partial charge in [-0.15, -0.1) is 0 Å². The lowest BCUT2D eigenvalue weighted by Gasteiger charge is -2.33. The minimum atomic E-state index is -0.678. The number of nitrogens with zero attached hydrogens (tertiary/aromatic N) is 1. The molecule has 2 rings (SSSR count). The second-order valence-electron chi connectivity index (χ2n) is 11.3. The van der Waals surface area contributed by atoms with Crippen molar-refractivity contribution in [1.29, 1.82) is 0 Å². The van der Waals surface area contributed by atoms with Crippen LogP contribution >= 0.6 is 0 Å². The first-order chi connectivity index (χ1) is 16.9. The molecule has 0 radical (unpaired) electrons. The summed E-state index contributed by atoms with van der Waals surface area (Å²) in [7, 11) is 1.97. The van der Waals surface area contributed by atoms with Gasteiger partial charge in [0.15, 0.2) is 0 Å². The molecule has 0 saturated carbocycles. The Morgan fingerprint density at radius 2 is 1.50 bits per heavy atom. The average molecular weight is 496 g/mol. The van der Waals surface area contributed by atoms with E-state index in [0.717, 1.165) is 23.3 Å². The van der Waals surface area contributed by atoms with Crippen LogP contribution in [0.1, 0.15) is 66.0 Å². The van der Waals surface area contributed by atoms with Gasteiger partial charge in [0, 0.05) is 18.0 Å². The number of rotatable bonds is 12. The Labute approximate surface area is 217 Å². The maximum Gasteiger partial charge on any atom is 0.243 e. The summed E-state index contributed by atoms with van der Waals surface area (Å²) >= 11 is 0. The third-order valence-electron chi connectivity index (χ3n) is 6.05. The lowest BCUT2D eigenvalue weighted by molar-refractivity contribution is -0.133. The van der Waals surface area contributed by atoms with Gasteiger partial charge in [-0.3, -0.25) is 14.5 Å². The van der Waals surface area contributed by atoms with Crippen LogP contribution in [-0.4, -0.2) is 47.4 Å². The van der Waals surface area contributed by atoms with E-state index in [2.05, 4.69) is 43.2 Å². The molecule has 6 nitrogen and oxygen atoms in total. The molecule has 0 unspecified atom stereocenters. The minimum absolute atomic E-state index is 0.114. The van der Waals surface area contributed by atoms with Crippen LogP contribution in [0.3, 0.4) is 0 Å². The Morgan fingerprint density at radius 3 is 2.03 bits per heavy atom. The molecule has 36 heavy (non-hydrogen) atoms. The van der Waals surface area contributed by atoms with Crippen LogP contribution in [0.15, 0.2) is 54.6 Å². The number of amides is 2. The van der Waals surface area contributed by atoms with Crippen molar-refractivity contribution in [3.8, 4) is 5.75 Å². The second kappa shape index (κ2) is 13.4. The summed E-state index contributed by atoms with van der Waals surface area (Å²) in [6.07, 6.45) is 1.12. The van der Waals surface area contributed by atoms with Crippen LogP contribution in [0.4, 0.5) is 0 Å². The number of likely N-dealkylation sites (N-methyl/N-ethyl adjacent to an activating group) is 1. The van der Waals surface area contributed by atoms with Gasteiger partial charge in [-0.05, 0) is 77.3 Å². The zero-order valence-corrected chi connectivity index (χ0v) is 23.3. The highest BCUT2D eigenvalue weighted by Gasteiger charge is 2.31. The van der Waals surface area contributed by atoms with Gasteiger partial charge in [0.1, 0.15) is 18.4 Å². The smallest absolute Gasteiger partial charge is 0.243 e. The molecule has 2 N–H and O–H groups in total. The number of carbonyl (C=O) groups is 2. The summed E-state index contributed by atoms with van der Waals surface area (Å²) in [5.41, 5.74) is 1.65. The quantitative estimate of drug-likeness (QED) is 0.437. The second-order valence-corrected chi connectivity index (χ2v) is 11.3. The van der Waals surface area contributed by atoms with E-state index in [-0.39, 0.29) is 23.9 Å². The summed E-state index contributed by atoms with van der Waals surface area (Å²) in [5.74, 6) is 0.817. The molecule has 198 valence electrons. The van der Waals surface area contributed by atoms with E-state index in [4.69, 9.17) is 4.74 Å². The first kappa shape index (κ1) is 29.4. The SMILES string of the molecule is CC(C)C[C@@H](C(=O)N[C@@H](Cc1ccc(OCc2ccccc2)cc1)C(=O)NC(C)(C)C)N(C)C(C)C. The largest absolute Gasteiger partial charge is 0.489 e. The summed E-state index contributed by atoms with van der Waals surface area (Å²) in [6.45, 7) is 14.7. The normalized spacial score (nSPS) is 13.5. The zero-order valence-electron chi connectivity index (χ0n) is 23.3. The summed E-state index contributed by atoms with van der Waals surface area (Å²) in [5, 5.41) is 6.10. The minimum Gasteiger partial charge on any atom is -0.489 e. The van der Waals surface area contributed by atoms with E-state index >= 15 is 0 Å². The van der Waals surface area contributed by atoms with Gasteiger partial charge in [0.05, 0.1) is 6.04 Å². The van der Waals surface area contributed by atoms with Gasteiger partial charge in [-0.2, -0.15) is 0 Å². The third kappa shape index (κ3) is 10.0. The molecule has 2 aromatic rings. The van der Waals surface area contributed by atoms with Crippen LogP contribution in [0.25, 0.3) is 0 Å². The van der Waals surface area contributed by atoms with Gasteiger partial charge >= 0.3 is 0 Å². The van der Waals surface area contributed by atoms with Crippen molar-refractivity contribution in [1.82, 2.24) is 15.5 Å². The maximum atomic E-state index is 13.4. The van der Waals surface area contributed by atoms with Crippen LogP contribution in [0.5, 0.6) is 5.75 Å². The molecule has 0 aliphatic rings. The Kier molecular flexibility index (Phi) is 11.0. The van der Waals surface area contributed by atoms with Crippen LogP contribution in [0, 0.1) is 5.92 Å². The van der Waals surface area contributed by atoms with E-state index in [9.17, 15) is 9.59 Å². The molecule has 0 fully saturated rings. The van der Waals surface area contributed by atoms with Crippen LogP contribution in [-0.2, 0) is 22.6 Å². The number of ether oxygens (including phenoxy) is 1. The highest BCUT2D eigenvalue weighted by atomic mass is 16.5. The lowest BCUT2D eigenvalue weighted by Crippen LogP contribution is -2.57. The molecule has 0 aliphatic heterocycles. The topological polar surface area (TPSA) is 70.7 Å². The fourth-order valence-corrected chi connectivity index (χ4v) is 3.90. The molecule has 0 saturated heterocycles. The fraction of sp³-hybridized carbons (Fsp3) is 0.533. The highest BCUT2D eigenvalue weighted by molar-refractivity contribution is 5.90. The van der Waals surface area contributed by atoms with Crippen LogP contribution < -0.4 is 15.4 Å². The average Bonchev–Trinajstić information content (AvgIpc) is 2.80. The Morgan fingerprint density at radius 1 is 0.889 bits per heavy atom. The third-order valence-corrected chi connectivity index (χ3v) is 6.05. The van der Waals surface area contributed by atoms with Gasteiger partial charge in [0.25, 0.3) is 0 Å². The van der Waals surface area contributed by atoms with E-state index in [1.54, 1.807) is 0 Å². The fourth-order valence-electron chi connectivity index (χ4n) is 3.90. The van der Waals surface area contributed by atoms with Gasteiger partial charge < -0.3 is 15.4 Å². The highest BCUT2D eigenvalue weighted by Crippen LogP contribution is 2.17. The lowest BCUT2D eigenvalue weighted by atomic mass is 9.99. The maximum absolute atomic E-state index is 13.4. The molecular formula is C30H45N3O3. The summed E-state index contributed by atoms with van der Waals surface area (Å²) in [4.78, 5) is 28.7. The standard InChI is InChI=1S/C30H45N3O3/c1-21(2)18-27(33(8)22(3)4)29(35)31-26(28(34)32-30(5,6)7)19-23-14-16-25(17-15-23)36-20-24-12-10-9-11-13-24/h9-17,21-22,26-27H,18-20H2,1-8H3,(H,31,35)(H,32,34)/t26-,27-/m0/s1. The number of hydrogen-bond acceptors (Lipinski definition) is 4.